The first kappa shape index (κ1) is 67.3. The molecule has 71 heavy (non-hydrogen) atoms. The molecule has 4 fully saturated rings. The van der Waals surface area contributed by atoms with Crippen molar-refractivity contribution < 1.29 is 38.4 Å². The van der Waals surface area contributed by atoms with Crippen molar-refractivity contribution in [3.63, 3.8) is 0 Å². The molecule has 0 saturated carbocycles. The van der Waals surface area contributed by atoms with Gasteiger partial charge in [-0.3, -0.25) is 53.1 Å². The summed E-state index contributed by atoms with van der Waals surface area (Å²) in [4.78, 5) is 99.9. The first-order chi connectivity index (χ1) is 32.4. The molecule has 0 aromatic carbocycles. The van der Waals surface area contributed by atoms with E-state index in [9.17, 15) is 38.4 Å². The van der Waals surface area contributed by atoms with Crippen LogP contribution in [0.2, 0.25) is 0 Å². The highest BCUT2D eigenvalue weighted by Gasteiger charge is 2.47. The van der Waals surface area contributed by atoms with Gasteiger partial charge < -0.3 is 4.90 Å². The summed E-state index contributed by atoms with van der Waals surface area (Å²) in [5.74, 6) is 5.23. The number of allylic oxidation sites excluding steroid dienone is 1. The Balaban J connectivity index is 0.000000864. The summed E-state index contributed by atoms with van der Waals surface area (Å²) in [6, 6.07) is 0.0133. The molecule has 12 nitrogen and oxygen atoms in total. The van der Waals surface area contributed by atoms with Crippen LogP contribution in [0.25, 0.3) is 0 Å². The second kappa shape index (κ2) is 30.5. The van der Waals surface area contributed by atoms with E-state index in [0.29, 0.717) is 66.0 Å². The summed E-state index contributed by atoms with van der Waals surface area (Å²) >= 11 is 0. The molecule has 0 radical (unpaired) electrons. The van der Waals surface area contributed by atoms with Gasteiger partial charge in [0.1, 0.15) is 5.78 Å². The van der Waals surface area contributed by atoms with Crippen LogP contribution in [0.1, 0.15) is 197 Å². The maximum atomic E-state index is 12.0. The van der Waals surface area contributed by atoms with Crippen LogP contribution < -0.4 is 0 Å². The van der Waals surface area contributed by atoms with Gasteiger partial charge in [0.2, 0.25) is 41.4 Å². The molecule has 7 amide bonds. The van der Waals surface area contributed by atoms with Gasteiger partial charge in [-0.2, -0.15) is 0 Å². The third-order valence-electron chi connectivity index (χ3n) is 14.3. The van der Waals surface area contributed by atoms with Crippen LogP contribution in [0.4, 0.5) is 0 Å². The molecule has 0 bridgehead atoms. The Kier molecular flexibility index (Phi) is 28.9. The minimum Gasteiger partial charge on any atom is -0.319 e. The van der Waals surface area contributed by atoms with Crippen molar-refractivity contribution in [2.45, 2.75) is 209 Å². The van der Waals surface area contributed by atoms with E-state index < -0.39 is 0 Å². The van der Waals surface area contributed by atoms with Crippen LogP contribution in [-0.2, 0) is 38.4 Å². The highest BCUT2D eigenvalue weighted by molar-refractivity contribution is 6.05. The highest BCUT2D eigenvalue weighted by atomic mass is 16.2. The number of amides is 7. The van der Waals surface area contributed by atoms with E-state index in [4.69, 9.17) is 0 Å². The molecule has 410 valence electrons. The summed E-state index contributed by atoms with van der Waals surface area (Å²) in [6.07, 6.45) is 5.42. The third-order valence-corrected chi connectivity index (χ3v) is 14.3. The molecule has 12 heteroatoms. The van der Waals surface area contributed by atoms with Gasteiger partial charge in [-0.05, 0) is 107 Å². The van der Waals surface area contributed by atoms with Gasteiger partial charge in [-0.15, -0.1) is 0 Å². The number of carbonyl (C=O) groups excluding carboxylic acids is 8. The number of Topliss-reactive ketones (excluding diaryl/α,β-unsaturated/α-hetero) is 1. The smallest absolute Gasteiger partial charge is 0.233 e. The van der Waals surface area contributed by atoms with Crippen molar-refractivity contribution in [3.8, 4) is 0 Å². The van der Waals surface area contributed by atoms with E-state index in [1.54, 1.807) is 11.9 Å². The van der Waals surface area contributed by atoms with E-state index in [1.165, 1.54) is 14.7 Å². The van der Waals surface area contributed by atoms with Crippen molar-refractivity contribution in [3.05, 3.63) is 12.3 Å². The minimum absolute atomic E-state index is 0.000602. The van der Waals surface area contributed by atoms with Gasteiger partial charge in [-0.25, -0.2) is 0 Å². The average Bonchev–Trinajstić information content (AvgIpc) is 3.82. The number of nitrogens with zero attached hydrogens (tertiary/aromatic N) is 4. The fraction of sp³-hybridized carbons (Fsp3) is 0.831. The summed E-state index contributed by atoms with van der Waals surface area (Å²) < 4.78 is 0. The van der Waals surface area contributed by atoms with Crippen LogP contribution >= 0.6 is 0 Å². The topological polar surface area (TPSA) is 150 Å². The summed E-state index contributed by atoms with van der Waals surface area (Å²) in [7, 11) is 3.45. The number of rotatable bonds is 17. The molecule has 0 aliphatic carbocycles. The molecule has 8 unspecified atom stereocenters. The van der Waals surface area contributed by atoms with Crippen LogP contribution in [0.3, 0.4) is 0 Å². The Morgan fingerprint density at radius 3 is 1.08 bits per heavy atom. The van der Waals surface area contributed by atoms with Crippen molar-refractivity contribution in [1.82, 2.24) is 19.6 Å². The summed E-state index contributed by atoms with van der Waals surface area (Å²) in [6.45, 7) is 49.5. The van der Waals surface area contributed by atoms with Crippen molar-refractivity contribution in [2.75, 3.05) is 14.1 Å². The zero-order valence-electron chi connectivity index (χ0n) is 49.6. The largest absolute Gasteiger partial charge is 0.319 e. The van der Waals surface area contributed by atoms with E-state index in [1.807, 2.05) is 62.4 Å². The first-order valence-corrected chi connectivity index (χ1v) is 27.5. The molecule has 0 aromatic heterocycles. The van der Waals surface area contributed by atoms with E-state index >= 15 is 0 Å². The lowest BCUT2D eigenvalue weighted by Gasteiger charge is -2.22. The Hall–Kier alpha value is -3.70. The Labute approximate surface area is 434 Å². The number of carbonyl (C=O) groups is 8. The van der Waals surface area contributed by atoms with Gasteiger partial charge in [0, 0.05) is 80.2 Å². The lowest BCUT2D eigenvalue weighted by molar-refractivity contribution is -0.143. The second-order valence-electron chi connectivity index (χ2n) is 25.0. The number of hydrogen-bond donors (Lipinski definition) is 0. The molecule has 0 spiro atoms. The van der Waals surface area contributed by atoms with Crippen molar-refractivity contribution in [2.24, 2.45) is 94.7 Å². The van der Waals surface area contributed by atoms with Gasteiger partial charge in [-0.1, -0.05) is 131 Å². The fourth-order valence-corrected chi connectivity index (χ4v) is 10.8. The van der Waals surface area contributed by atoms with Gasteiger partial charge in [0.05, 0.1) is 11.8 Å². The lowest BCUT2D eigenvalue weighted by Crippen LogP contribution is -2.36. The number of hydrogen-bond acceptors (Lipinski definition) is 8. The van der Waals surface area contributed by atoms with Crippen LogP contribution in [0.5, 0.6) is 0 Å². The zero-order valence-corrected chi connectivity index (χ0v) is 49.6. The molecule has 0 N–H and O–H groups in total. The Morgan fingerprint density at radius 1 is 0.465 bits per heavy atom. The van der Waals surface area contributed by atoms with E-state index in [2.05, 4.69) is 104 Å². The molecular formula is C59H106N4O8. The van der Waals surface area contributed by atoms with Gasteiger partial charge in [0.25, 0.3) is 0 Å². The molecule has 4 aliphatic rings. The standard InChI is InChI=1S/C13H23NO.C12H21NO2.C12H24O.2C11H19NO2/c1-8(2)7-11-12(9(3)4)10(5)14(6)13(11)15;1-7(2)6-9-10(8(3)4)12(15)13(5)11(9)14;1-8(2)7-10(5)11(6)12(13)9(3)4;2*1-7(2)5-9-6-10(13)12(8(3)4)11(9)14/h8-9,11-12H,5,7H2,1-4,6H3;7-10H,6H2,1-5H3;8-11H,7H2,1-6H3;2*7-9H,5-6H2,1-4H3. The van der Waals surface area contributed by atoms with Crippen LogP contribution in [0, 0.1) is 94.7 Å². The van der Waals surface area contributed by atoms with Gasteiger partial charge in [0.15, 0.2) is 0 Å². The monoisotopic (exact) mass is 999 g/mol. The zero-order chi connectivity index (χ0) is 55.8. The highest BCUT2D eigenvalue weighted by Crippen LogP contribution is 2.40. The van der Waals surface area contributed by atoms with Crippen molar-refractivity contribution in [1.29, 1.82) is 0 Å². The van der Waals surface area contributed by atoms with E-state index in [-0.39, 0.29) is 101 Å². The van der Waals surface area contributed by atoms with Crippen molar-refractivity contribution >= 4 is 47.1 Å². The molecule has 0 aromatic rings. The maximum absolute atomic E-state index is 12.0. The van der Waals surface area contributed by atoms with Crippen LogP contribution in [0.15, 0.2) is 12.3 Å². The lowest BCUT2D eigenvalue weighted by atomic mass is 9.80. The van der Waals surface area contributed by atoms with E-state index in [0.717, 1.165) is 37.8 Å². The predicted octanol–water partition coefficient (Wildman–Crippen LogP) is 12.0. The SMILES string of the molecule is C=C1C(C(C)C)C(CC(C)C)C(=O)N1C.CC(C)CC(C)C(C)C(=O)C(C)C.CC(C)CC1C(=O)N(C)C(=O)C1C(C)C.CC(C)CC1CC(=O)N(C(C)C)C1=O.CC(C)CC1CC(=O)N(C(C)C)C1=O. The molecule has 4 rings (SSSR count). The number of imide groups is 3. The Bertz CT molecular complexity index is 1670. The first-order valence-electron chi connectivity index (χ1n) is 27.5. The minimum atomic E-state index is -0.107. The normalized spacial score (nSPS) is 23.6. The average molecular weight is 1000 g/mol. The number of ketones is 1. The molecule has 4 saturated heterocycles. The quantitative estimate of drug-likeness (QED) is 0.131. The summed E-state index contributed by atoms with van der Waals surface area (Å²) in [5, 5.41) is 0. The second-order valence-corrected chi connectivity index (χ2v) is 25.0. The molecular weight excluding hydrogens is 893 g/mol. The Morgan fingerprint density at radius 2 is 0.803 bits per heavy atom. The summed E-state index contributed by atoms with van der Waals surface area (Å²) in [5.41, 5.74) is 1.00. The molecule has 4 aliphatic heterocycles. The number of likely N-dealkylation sites (tertiary alicyclic amines) is 4. The van der Waals surface area contributed by atoms with Crippen LogP contribution in [-0.4, -0.2) is 92.9 Å². The predicted molar refractivity (Wildman–Crippen MR) is 289 cm³/mol. The molecule has 4 heterocycles. The molecule has 8 atom stereocenters. The maximum Gasteiger partial charge on any atom is 0.233 e. The van der Waals surface area contributed by atoms with Gasteiger partial charge >= 0.3 is 0 Å². The third kappa shape index (κ3) is 20.3. The fourth-order valence-electron chi connectivity index (χ4n) is 10.8.